The van der Waals surface area contributed by atoms with Crippen LogP contribution >= 0.6 is 27.3 Å². The number of thiazole rings is 1. The van der Waals surface area contributed by atoms with Crippen molar-refractivity contribution in [3.05, 3.63) is 29.6 Å². The van der Waals surface area contributed by atoms with Crippen molar-refractivity contribution in [3.63, 3.8) is 0 Å². The second-order valence-corrected chi connectivity index (χ2v) is 9.13. The van der Waals surface area contributed by atoms with E-state index in [0.717, 1.165) is 23.4 Å². The first-order chi connectivity index (χ1) is 13.1. The van der Waals surface area contributed by atoms with Gasteiger partial charge in [0.05, 0.1) is 29.5 Å². The van der Waals surface area contributed by atoms with E-state index in [1.165, 1.54) is 11.3 Å². The summed E-state index contributed by atoms with van der Waals surface area (Å²) in [5.74, 6) is 0.0578. The van der Waals surface area contributed by atoms with Crippen LogP contribution in [0.25, 0.3) is 11.3 Å². The number of aromatic nitrogens is 1. The van der Waals surface area contributed by atoms with Crippen LogP contribution in [-0.4, -0.2) is 34.9 Å². The third-order valence-corrected chi connectivity index (χ3v) is 7.90. The fourth-order valence-electron chi connectivity index (χ4n) is 4.74. The standard InChI is InChI=1S/C19H17BrN2O4S/c1-25-9-4-2-8(3-5-9)12-7-27-19(21-12)22-17(23)13-10-6-11-14(13)18(24)26-16(11)15(10)20/h2-5,7,10-11,13-16H,6H2,1H3,(H,21,22,23)/t10-,11-,13-,14-,15+,16+/m1/s1. The predicted molar refractivity (Wildman–Crippen MR) is 104 cm³/mol. The summed E-state index contributed by atoms with van der Waals surface area (Å²) >= 11 is 5.02. The quantitative estimate of drug-likeness (QED) is 0.573. The Balaban J connectivity index is 1.33. The van der Waals surface area contributed by atoms with Crippen molar-refractivity contribution in [1.82, 2.24) is 4.98 Å². The zero-order valence-electron chi connectivity index (χ0n) is 14.4. The highest BCUT2D eigenvalue weighted by Crippen LogP contribution is 2.60. The first-order valence-corrected chi connectivity index (χ1v) is 10.6. The van der Waals surface area contributed by atoms with E-state index < -0.39 is 0 Å². The maximum atomic E-state index is 12.9. The fraction of sp³-hybridized carbons (Fsp3) is 0.421. The lowest BCUT2D eigenvalue weighted by molar-refractivity contribution is -0.145. The molecule has 140 valence electrons. The SMILES string of the molecule is COc1ccc(-c2csc(NC(=O)[C@@H]3[C@H]4C[C@H]5[C@H](OC(=O)[C@H]53)[C@H]4Br)n2)cc1. The lowest BCUT2D eigenvalue weighted by Crippen LogP contribution is -2.40. The summed E-state index contributed by atoms with van der Waals surface area (Å²) in [5.41, 5.74) is 1.75. The van der Waals surface area contributed by atoms with Gasteiger partial charge in [-0.25, -0.2) is 4.98 Å². The van der Waals surface area contributed by atoms with Gasteiger partial charge in [0.2, 0.25) is 5.91 Å². The van der Waals surface area contributed by atoms with Gasteiger partial charge >= 0.3 is 5.97 Å². The minimum absolute atomic E-state index is 0.0621. The van der Waals surface area contributed by atoms with Crippen molar-refractivity contribution in [2.24, 2.45) is 23.7 Å². The molecule has 2 heterocycles. The molecule has 1 N–H and O–H groups in total. The van der Waals surface area contributed by atoms with Crippen molar-refractivity contribution in [2.75, 3.05) is 12.4 Å². The molecule has 0 unspecified atom stereocenters. The molecular formula is C19H17BrN2O4S. The Morgan fingerprint density at radius 3 is 2.85 bits per heavy atom. The van der Waals surface area contributed by atoms with Crippen LogP contribution < -0.4 is 10.1 Å². The van der Waals surface area contributed by atoms with Gasteiger partial charge in [0, 0.05) is 16.9 Å². The molecular weight excluding hydrogens is 432 g/mol. The van der Waals surface area contributed by atoms with E-state index in [9.17, 15) is 9.59 Å². The number of amides is 1. The highest BCUT2D eigenvalue weighted by molar-refractivity contribution is 9.09. The molecule has 2 aromatic rings. The molecule has 3 fully saturated rings. The van der Waals surface area contributed by atoms with Gasteiger partial charge in [0.25, 0.3) is 0 Å². The monoisotopic (exact) mass is 448 g/mol. The van der Waals surface area contributed by atoms with Gasteiger partial charge in [-0.15, -0.1) is 11.3 Å². The fourth-order valence-corrected chi connectivity index (χ4v) is 6.51. The van der Waals surface area contributed by atoms with Crippen LogP contribution in [0.3, 0.4) is 0 Å². The van der Waals surface area contributed by atoms with Crippen LogP contribution in [0.4, 0.5) is 5.13 Å². The zero-order valence-corrected chi connectivity index (χ0v) is 16.8. The highest BCUT2D eigenvalue weighted by Gasteiger charge is 2.67. The predicted octanol–water partition coefficient (Wildman–Crippen LogP) is 3.33. The number of carbonyl (C=O) groups excluding carboxylic acids is 2. The van der Waals surface area contributed by atoms with E-state index in [2.05, 4.69) is 26.2 Å². The molecule has 8 heteroatoms. The zero-order chi connectivity index (χ0) is 18.7. The summed E-state index contributed by atoms with van der Waals surface area (Å²) in [7, 11) is 1.63. The molecule has 27 heavy (non-hydrogen) atoms. The average molecular weight is 449 g/mol. The summed E-state index contributed by atoms with van der Waals surface area (Å²) in [5, 5.41) is 5.37. The van der Waals surface area contributed by atoms with Crippen molar-refractivity contribution in [1.29, 1.82) is 0 Å². The number of nitrogens with one attached hydrogen (secondary N) is 1. The van der Waals surface area contributed by atoms with E-state index in [4.69, 9.17) is 9.47 Å². The Kier molecular flexibility index (Phi) is 4.01. The number of ether oxygens (including phenoxy) is 2. The summed E-state index contributed by atoms with van der Waals surface area (Å²) in [6, 6.07) is 7.61. The number of methoxy groups -OCH3 is 1. The molecule has 6 atom stereocenters. The number of esters is 1. The summed E-state index contributed by atoms with van der Waals surface area (Å²) in [4.78, 5) is 29.7. The van der Waals surface area contributed by atoms with E-state index in [0.29, 0.717) is 5.13 Å². The second kappa shape index (κ2) is 6.31. The van der Waals surface area contributed by atoms with E-state index >= 15 is 0 Å². The number of halogens is 1. The largest absolute Gasteiger partial charge is 0.497 e. The Bertz CT molecular complexity index is 915. The van der Waals surface area contributed by atoms with E-state index in [1.54, 1.807) is 7.11 Å². The third kappa shape index (κ3) is 2.61. The lowest BCUT2D eigenvalue weighted by atomic mass is 9.79. The summed E-state index contributed by atoms with van der Waals surface area (Å²) < 4.78 is 10.6. The van der Waals surface area contributed by atoms with Gasteiger partial charge in [-0.3, -0.25) is 9.59 Å². The van der Waals surface area contributed by atoms with Crippen LogP contribution in [0.5, 0.6) is 5.75 Å². The molecule has 2 saturated carbocycles. The molecule has 1 aliphatic heterocycles. The molecule has 5 rings (SSSR count). The minimum atomic E-state index is -0.348. The molecule has 6 nitrogen and oxygen atoms in total. The Morgan fingerprint density at radius 1 is 1.33 bits per heavy atom. The topological polar surface area (TPSA) is 77.5 Å². The van der Waals surface area contributed by atoms with Gasteiger partial charge < -0.3 is 14.8 Å². The van der Waals surface area contributed by atoms with Crippen molar-refractivity contribution in [2.45, 2.75) is 17.4 Å². The first-order valence-electron chi connectivity index (χ1n) is 8.82. The molecule has 1 amide bonds. The third-order valence-electron chi connectivity index (χ3n) is 5.95. The molecule has 0 radical (unpaired) electrons. The first kappa shape index (κ1) is 17.2. The second-order valence-electron chi connectivity index (χ2n) is 7.22. The number of alkyl halides is 1. The van der Waals surface area contributed by atoms with Crippen molar-refractivity contribution >= 4 is 44.3 Å². The van der Waals surface area contributed by atoms with Gasteiger partial charge in [-0.2, -0.15) is 0 Å². The number of hydrogen-bond acceptors (Lipinski definition) is 6. The number of fused-ring (bicyclic) bond motifs is 1. The number of benzene rings is 1. The summed E-state index contributed by atoms with van der Waals surface area (Å²) in [6.07, 6.45) is 0.794. The van der Waals surface area contributed by atoms with Gasteiger partial charge in [0.15, 0.2) is 5.13 Å². The number of nitrogens with zero attached hydrogens (tertiary/aromatic N) is 1. The van der Waals surface area contributed by atoms with Crippen LogP contribution in [0.1, 0.15) is 6.42 Å². The van der Waals surface area contributed by atoms with Crippen LogP contribution in [0.2, 0.25) is 0 Å². The van der Waals surface area contributed by atoms with Crippen molar-refractivity contribution < 1.29 is 19.1 Å². The minimum Gasteiger partial charge on any atom is -0.497 e. The van der Waals surface area contributed by atoms with E-state index in [-0.39, 0.29) is 46.5 Å². The molecule has 2 aliphatic carbocycles. The number of rotatable bonds is 4. The van der Waals surface area contributed by atoms with Crippen LogP contribution in [0, 0.1) is 23.7 Å². The van der Waals surface area contributed by atoms with Gasteiger partial charge in [0.1, 0.15) is 11.9 Å². The van der Waals surface area contributed by atoms with Crippen LogP contribution in [0.15, 0.2) is 29.6 Å². The molecule has 0 spiro atoms. The summed E-state index contributed by atoms with van der Waals surface area (Å²) in [6.45, 7) is 0. The molecule has 3 aliphatic rings. The molecule has 2 bridgehead atoms. The normalized spacial score (nSPS) is 33.2. The molecule has 1 aromatic carbocycles. The number of anilines is 1. The molecule has 1 saturated heterocycles. The maximum absolute atomic E-state index is 12.9. The average Bonchev–Trinajstić information content (AvgIpc) is 3.40. The Hall–Kier alpha value is -1.93. The van der Waals surface area contributed by atoms with Crippen LogP contribution in [-0.2, 0) is 14.3 Å². The van der Waals surface area contributed by atoms with E-state index in [1.807, 2.05) is 29.6 Å². The highest BCUT2D eigenvalue weighted by atomic mass is 79.9. The Morgan fingerprint density at radius 2 is 2.11 bits per heavy atom. The number of hydrogen-bond donors (Lipinski definition) is 1. The Labute approximate surface area is 168 Å². The lowest BCUT2D eigenvalue weighted by Gasteiger charge is -2.27. The maximum Gasteiger partial charge on any atom is 0.310 e. The molecule has 1 aromatic heterocycles. The van der Waals surface area contributed by atoms with Gasteiger partial charge in [-0.05, 0) is 36.6 Å². The smallest absolute Gasteiger partial charge is 0.310 e. The van der Waals surface area contributed by atoms with Crippen molar-refractivity contribution in [3.8, 4) is 17.0 Å². The van der Waals surface area contributed by atoms with Gasteiger partial charge in [-0.1, -0.05) is 15.9 Å². The number of carbonyl (C=O) groups is 2.